The summed E-state index contributed by atoms with van der Waals surface area (Å²) >= 11 is 0. The zero-order valence-corrected chi connectivity index (χ0v) is 11.5. The van der Waals surface area contributed by atoms with Crippen molar-refractivity contribution >= 4 is 17.0 Å². The lowest BCUT2D eigenvalue weighted by Gasteiger charge is -2.09. The third kappa shape index (κ3) is 2.98. The van der Waals surface area contributed by atoms with Crippen molar-refractivity contribution in [2.75, 3.05) is 25.5 Å². The molecule has 0 aliphatic rings. The van der Waals surface area contributed by atoms with E-state index in [9.17, 15) is 0 Å². The molecule has 0 amide bonds. The van der Waals surface area contributed by atoms with Crippen LogP contribution >= 0.6 is 0 Å². The topological polar surface area (TPSA) is 56.8 Å². The Morgan fingerprint density at radius 2 is 2.06 bits per heavy atom. The van der Waals surface area contributed by atoms with Crippen LogP contribution in [0.5, 0.6) is 0 Å². The van der Waals surface area contributed by atoms with Gasteiger partial charge in [0, 0.05) is 33.1 Å². The first-order valence-corrected chi connectivity index (χ1v) is 6.32. The predicted molar refractivity (Wildman–Crippen MR) is 75.1 cm³/mol. The standard InChI is InChI=1S/C13H21N5/c1-9(2)14-8-7-11-15-10-5-6-12(18(3)4)17-13(10)16-11/h5-6,9,14H,7-8H2,1-4H3,(H,15,16,17). The van der Waals surface area contributed by atoms with Crippen LogP contribution in [0.1, 0.15) is 19.7 Å². The molecule has 5 nitrogen and oxygen atoms in total. The zero-order chi connectivity index (χ0) is 13.1. The van der Waals surface area contributed by atoms with Crippen LogP contribution < -0.4 is 10.2 Å². The number of aromatic amines is 1. The van der Waals surface area contributed by atoms with Crippen molar-refractivity contribution in [1.82, 2.24) is 20.3 Å². The van der Waals surface area contributed by atoms with Crippen LogP contribution in [0.2, 0.25) is 0 Å². The van der Waals surface area contributed by atoms with Gasteiger partial charge in [0.05, 0.1) is 5.52 Å². The molecule has 2 aromatic heterocycles. The molecule has 18 heavy (non-hydrogen) atoms. The molecule has 0 aliphatic carbocycles. The number of rotatable bonds is 5. The highest BCUT2D eigenvalue weighted by Crippen LogP contribution is 2.14. The van der Waals surface area contributed by atoms with Crippen LogP contribution in [-0.2, 0) is 6.42 Å². The lowest BCUT2D eigenvalue weighted by molar-refractivity contribution is 0.585. The van der Waals surface area contributed by atoms with Crippen molar-refractivity contribution in [3.63, 3.8) is 0 Å². The van der Waals surface area contributed by atoms with Crippen LogP contribution in [0.4, 0.5) is 5.82 Å². The normalized spacial score (nSPS) is 11.4. The fourth-order valence-electron chi connectivity index (χ4n) is 1.78. The summed E-state index contributed by atoms with van der Waals surface area (Å²) in [6.45, 7) is 5.21. The molecule has 0 radical (unpaired) electrons. The van der Waals surface area contributed by atoms with Crippen LogP contribution in [0.25, 0.3) is 11.2 Å². The van der Waals surface area contributed by atoms with E-state index in [-0.39, 0.29) is 0 Å². The Morgan fingerprint density at radius 1 is 1.28 bits per heavy atom. The Labute approximate surface area is 108 Å². The summed E-state index contributed by atoms with van der Waals surface area (Å²) in [5.74, 6) is 1.92. The number of H-pyrrole nitrogens is 1. The monoisotopic (exact) mass is 247 g/mol. The number of hydrogen-bond donors (Lipinski definition) is 2. The Kier molecular flexibility index (Phi) is 3.81. The summed E-state index contributed by atoms with van der Waals surface area (Å²) in [6, 6.07) is 4.54. The molecule has 2 N–H and O–H groups in total. The summed E-state index contributed by atoms with van der Waals surface area (Å²) in [5, 5.41) is 3.38. The Morgan fingerprint density at radius 3 is 2.72 bits per heavy atom. The summed E-state index contributed by atoms with van der Waals surface area (Å²) in [5.41, 5.74) is 1.79. The third-order valence-corrected chi connectivity index (χ3v) is 2.75. The highest BCUT2D eigenvalue weighted by atomic mass is 15.1. The molecule has 2 heterocycles. The van der Waals surface area contributed by atoms with Gasteiger partial charge in [-0.2, -0.15) is 0 Å². The van der Waals surface area contributed by atoms with Gasteiger partial charge in [0.2, 0.25) is 0 Å². The fraction of sp³-hybridized carbons (Fsp3) is 0.538. The fourth-order valence-corrected chi connectivity index (χ4v) is 1.78. The minimum Gasteiger partial charge on any atom is -0.363 e. The molecule has 0 saturated carbocycles. The van der Waals surface area contributed by atoms with Gasteiger partial charge in [0.25, 0.3) is 0 Å². The van der Waals surface area contributed by atoms with Gasteiger partial charge in [0.15, 0.2) is 5.65 Å². The molecule has 0 aliphatic heterocycles. The molecule has 98 valence electrons. The van der Waals surface area contributed by atoms with Crippen LogP contribution in [0, 0.1) is 0 Å². The number of anilines is 1. The van der Waals surface area contributed by atoms with Gasteiger partial charge in [-0.1, -0.05) is 13.8 Å². The highest BCUT2D eigenvalue weighted by molar-refractivity contribution is 5.73. The maximum absolute atomic E-state index is 4.52. The number of hydrogen-bond acceptors (Lipinski definition) is 4. The lowest BCUT2D eigenvalue weighted by atomic mass is 10.3. The molecule has 2 aromatic rings. The average molecular weight is 247 g/mol. The van der Waals surface area contributed by atoms with E-state index in [1.54, 1.807) is 0 Å². The zero-order valence-electron chi connectivity index (χ0n) is 11.5. The van der Waals surface area contributed by atoms with Crippen molar-refractivity contribution in [3.05, 3.63) is 18.0 Å². The van der Waals surface area contributed by atoms with E-state index < -0.39 is 0 Å². The van der Waals surface area contributed by atoms with E-state index in [0.717, 1.165) is 35.8 Å². The van der Waals surface area contributed by atoms with E-state index in [1.807, 2.05) is 31.1 Å². The number of imidazole rings is 1. The number of nitrogens with one attached hydrogen (secondary N) is 2. The first kappa shape index (κ1) is 12.8. The molecule has 0 aromatic carbocycles. The van der Waals surface area contributed by atoms with Crippen molar-refractivity contribution in [2.24, 2.45) is 0 Å². The van der Waals surface area contributed by atoms with Crippen molar-refractivity contribution in [2.45, 2.75) is 26.3 Å². The molecule has 0 spiro atoms. The Balaban J connectivity index is 2.12. The second-order valence-corrected chi connectivity index (χ2v) is 4.98. The van der Waals surface area contributed by atoms with E-state index in [1.165, 1.54) is 0 Å². The molecule has 0 atom stereocenters. The largest absolute Gasteiger partial charge is 0.363 e. The van der Waals surface area contributed by atoms with Crippen LogP contribution in [0.15, 0.2) is 12.1 Å². The van der Waals surface area contributed by atoms with Crippen LogP contribution in [-0.4, -0.2) is 41.6 Å². The minimum absolute atomic E-state index is 0.507. The van der Waals surface area contributed by atoms with Gasteiger partial charge < -0.3 is 15.2 Å². The first-order valence-electron chi connectivity index (χ1n) is 6.32. The summed E-state index contributed by atoms with van der Waals surface area (Å²) in [6.07, 6.45) is 0.895. The third-order valence-electron chi connectivity index (χ3n) is 2.75. The molecule has 0 saturated heterocycles. The first-order chi connectivity index (χ1) is 8.56. The maximum Gasteiger partial charge on any atom is 0.179 e. The lowest BCUT2D eigenvalue weighted by Crippen LogP contribution is -2.25. The smallest absolute Gasteiger partial charge is 0.179 e. The number of pyridine rings is 1. The maximum atomic E-state index is 4.52. The van der Waals surface area contributed by atoms with Crippen molar-refractivity contribution in [1.29, 1.82) is 0 Å². The molecular formula is C13H21N5. The predicted octanol–water partition coefficient (Wildman–Crippen LogP) is 1.56. The average Bonchev–Trinajstić information content (AvgIpc) is 2.69. The van der Waals surface area contributed by atoms with Gasteiger partial charge in [-0.05, 0) is 12.1 Å². The SMILES string of the molecule is CC(C)NCCc1nc2nc(N(C)C)ccc2[nH]1. The van der Waals surface area contributed by atoms with Gasteiger partial charge in [0.1, 0.15) is 11.6 Å². The van der Waals surface area contributed by atoms with E-state index in [4.69, 9.17) is 0 Å². The Bertz CT molecular complexity index is 515. The molecule has 5 heteroatoms. The molecule has 0 bridgehead atoms. The van der Waals surface area contributed by atoms with Crippen molar-refractivity contribution < 1.29 is 0 Å². The second-order valence-electron chi connectivity index (χ2n) is 4.98. The molecule has 0 fully saturated rings. The van der Waals surface area contributed by atoms with Gasteiger partial charge in [-0.3, -0.25) is 0 Å². The van der Waals surface area contributed by atoms with E-state index in [2.05, 4.69) is 34.1 Å². The Hall–Kier alpha value is -1.62. The quantitative estimate of drug-likeness (QED) is 0.842. The number of nitrogens with zero attached hydrogens (tertiary/aromatic N) is 3. The van der Waals surface area contributed by atoms with E-state index in [0.29, 0.717) is 6.04 Å². The molecule has 0 unspecified atom stereocenters. The second kappa shape index (κ2) is 5.35. The highest BCUT2D eigenvalue weighted by Gasteiger charge is 2.06. The van der Waals surface area contributed by atoms with Crippen LogP contribution in [0.3, 0.4) is 0 Å². The van der Waals surface area contributed by atoms with Gasteiger partial charge in [-0.15, -0.1) is 0 Å². The van der Waals surface area contributed by atoms with Gasteiger partial charge in [-0.25, -0.2) is 9.97 Å². The van der Waals surface area contributed by atoms with E-state index >= 15 is 0 Å². The number of aromatic nitrogens is 3. The summed E-state index contributed by atoms with van der Waals surface area (Å²) < 4.78 is 0. The van der Waals surface area contributed by atoms with Gasteiger partial charge >= 0.3 is 0 Å². The summed E-state index contributed by atoms with van der Waals surface area (Å²) in [7, 11) is 3.96. The molecular weight excluding hydrogens is 226 g/mol. The van der Waals surface area contributed by atoms with Crippen molar-refractivity contribution in [3.8, 4) is 0 Å². The number of fused-ring (bicyclic) bond motifs is 1. The summed E-state index contributed by atoms with van der Waals surface area (Å²) in [4.78, 5) is 14.3. The molecule has 2 rings (SSSR count). The minimum atomic E-state index is 0.507.